The van der Waals surface area contributed by atoms with Crippen LogP contribution >= 0.6 is 0 Å². The van der Waals surface area contributed by atoms with Crippen molar-refractivity contribution < 1.29 is 19.1 Å². The van der Waals surface area contributed by atoms with Gasteiger partial charge in [0.2, 0.25) is 5.91 Å². The van der Waals surface area contributed by atoms with Crippen molar-refractivity contribution in [2.45, 2.75) is 19.3 Å². The number of halogens is 1. The smallest absolute Gasteiger partial charge is 0.307 e. The Morgan fingerprint density at radius 2 is 1.90 bits per heavy atom. The highest BCUT2D eigenvalue weighted by atomic mass is 19.1. The van der Waals surface area contributed by atoms with Crippen LogP contribution in [-0.2, 0) is 16.0 Å². The van der Waals surface area contributed by atoms with E-state index in [0.717, 1.165) is 5.56 Å². The molecule has 1 heterocycles. The zero-order valence-corrected chi connectivity index (χ0v) is 11.5. The largest absolute Gasteiger partial charge is 0.481 e. The van der Waals surface area contributed by atoms with E-state index in [2.05, 4.69) is 0 Å². The van der Waals surface area contributed by atoms with Crippen LogP contribution in [0.4, 0.5) is 10.1 Å². The van der Waals surface area contributed by atoms with Crippen molar-refractivity contribution in [1.82, 2.24) is 0 Å². The average molecular weight is 289 g/mol. The number of amides is 1. The molecule has 5 heteroatoms. The van der Waals surface area contributed by atoms with E-state index >= 15 is 0 Å². The molecule has 1 aromatic rings. The topological polar surface area (TPSA) is 57.6 Å². The van der Waals surface area contributed by atoms with Gasteiger partial charge in [0.1, 0.15) is 5.82 Å². The van der Waals surface area contributed by atoms with E-state index in [-0.39, 0.29) is 11.7 Å². The minimum atomic E-state index is -0.948. The lowest BCUT2D eigenvalue weighted by molar-refractivity contribution is -0.146. The highest BCUT2D eigenvalue weighted by molar-refractivity contribution is 5.99. The maximum Gasteiger partial charge on any atom is 0.307 e. The third kappa shape index (κ3) is 2.44. The SMILES string of the molecule is O=C(O)C1CC=CCC1C(=O)N1CCc2ccc(F)cc21. The van der Waals surface area contributed by atoms with Crippen LogP contribution in [0.3, 0.4) is 0 Å². The molecule has 2 aliphatic rings. The first kappa shape index (κ1) is 13.8. The number of hydrogen-bond donors (Lipinski definition) is 1. The zero-order valence-electron chi connectivity index (χ0n) is 11.5. The first-order chi connectivity index (χ1) is 10.1. The quantitative estimate of drug-likeness (QED) is 0.850. The van der Waals surface area contributed by atoms with E-state index in [0.29, 0.717) is 31.5 Å². The van der Waals surface area contributed by atoms with Gasteiger partial charge in [-0.3, -0.25) is 9.59 Å². The van der Waals surface area contributed by atoms with Gasteiger partial charge in [0.15, 0.2) is 0 Å². The molecule has 110 valence electrons. The number of carbonyl (C=O) groups is 2. The second-order valence-electron chi connectivity index (χ2n) is 5.51. The summed E-state index contributed by atoms with van der Waals surface area (Å²) < 4.78 is 13.4. The molecular weight excluding hydrogens is 273 g/mol. The number of carboxylic acids is 1. The molecule has 0 bridgehead atoms. The van der Waals surface area contributed by atoms with E-state index in [4.69, 9.17) is 0 Å². The van der Waals surface area contributed by atoms with Crippen molar-refractivity contribution in [1.29, 1.82) is 0 Å². The minimum Gasteiger partial charge on any atom is -0.481 e. The number of hydrogen-bond acceptors (Lipinski definition) is 2. The number of benzene rings is 1. The van der Waals surface area contributed by atoms with Crippen LogP contribution < -0.4 is 4.90 Å². The van der Waals surface area contributed by atoms with Crippen LogP contribution in [0.25, 0.3) is 0 Å². The molecule has 1 aromatic carbocycles. The summed E-state index contributed by atoms with van der Waals surface area (Å²) in [7, 11) is 0. The lowest BCUT2D eigenvalue weighted by atomic mass is 9.82. The summed E-state index contributed by atoms with van der Waals surface area (Å²) in [5.74, 6) is -2.80. The summed E-state index contributed by atoms with van der Waals surface area (Å²) in [6.07, 6.45) is 5.14. The van der Waals surface area contributed by atoms with Gasteiger partial charge in [0.05, 0.1) is 11.8 Å². The van der Waals surface area contributed by atoms with E-state index in [1.165, 1.54) is 17.0 Å². The molecule has 2 unspecified atom stereocenters. The number of fused-ring (bicyclic) bond motifs is 1. The van der Waals surface area contributed by atoms with Gasteiger partial charge < -0.3 is 10.0 Å². The fourth-order valence-corrected chi connectivity index (χ4v) is 3.14. The molecule has 3 rings (SSSR count). The van der Waals surface area contributed by atoms with Gasteiger partial charge in [-0.15, -0.1) is 0 Å². The molecule has 2 atom stereocenters. The second-order valence-corrected chi connectivity index (χ2v) is 5.51. The monoisotopic (exact) mass is 289 g/mol. The van der Waals surface area contributed by atoms with E-state index < -0.39 is 17.8 Å². The Labute approximate surface area is 121 Å². The third-order valence-corrected chi connectivity index (χ3v) is 4.28. The Bertz CT molecular complexity index is 626. The summed E-state index contributed by atoms with van der Waals surface area (Å²) in [4.78, 5) is 25.6. The van der Waals surface area contributed by atoms with Gasteiger partial charge in [0, 0.05) is 12.2 Å². The number of rotatable bonds is 2. The van der Waals surface area contributed by atoms with Gasteiger partial charge in [-0.25, -0.2) is 4.39 Å². The molecule has 1 aliphatic carbocycles. The molecule has 1 aliphatic heterocycles. The molecule has 0 fully saturated rings. The number of anilines is 1. The van der Waals surface area contributed by atoms with Gasteiger partial charge in [0.25, 0.3) is 0 Å². The number of aliphatic carboxylic acids is 1. The van der Waals surface area contributed by atoms with Gasteiger partial charge in [-0.05, 0) is 37.0 Å². The molecule has 1 N–H and O–H groups in total. The highest BCUT2D eigenvalue weighted by Gasteiger charge is 2.38. The van der Waals surface area contributed by atoms with E-state index in [1.807, 2.05) is 6.08 Å². The molecule has 21 heavy (non-hydrogen) atoms. The minimum absolute atomic E-state index is 0.212. The molecule has 4 nitrogen and oxygen atoms in total. The standard InChI is InChI=1S/C16H16FNO3/c17-11-6-5-10-7-8-18(14(10)9-11)15(19)12-3-1-2-4-13(12)16(20)21/h1-2,5-6,9,12-13H,3-4,7-8H2,(H,20,21). The van der Waals surface area contributed by atoms with E-state index in [1.54, 1.807) is 12.1 Å². The Morgan fingerprint density at radius 3 is 2.62 bits per heavy atom. The summed E-state index contributed by atoms with van der Waals surface area (Å²) in [6, 6.07) is 4.43. The molecule has 0 saturated heterocycles. The summed E-state index contributed by atoms with van der Waals surface area (Å²) >= 11 is 0. The molecule has 0 radical (unpaired) electrons. The summed E-state index contributed by atoms with van der Waals surface area (Å²) in [6.45, 7) is 0.490. The maximum absolute atomic E-state index is 13.4. The molecule has 0 saturated carbocycles. The average Bonchev–Trinajstić information content (AvgIpc) is 2.89. The molecule has 0 spiro atoms. The molecular formula is C16H16FNO3. The summed E-state index contributed by atoms with van der Waals surface area (Å²) in [5, 5.41) is 9.28. The van der Waals surface area contributed by atoms with Crippen LogP contribution in [-0.4, -0.2) is 23.5 Å². The van der Waals surface area contributed by atoms with Crippen LogP contribution in [0.1, 0.15) is 18.4 Å². The number of nitrogens with zero attached hydrogens (tertiary/aromatic N) is 1. The van der Waals surface area contributed by atoms with Crippen molar-refractivity contribution in [2.75, 3.05) is 11.4 Å². The lowest BCUT2D eigenvalue weighted by Crippen LogP contribution is -2.41. The fraction of sp³-hybridized carbons (Fsp3) is 0.375. The van der Waals surface area contributed by atoms with Gasteiger partial charge in [-0.1, -0.05) is 18.2 Å². The predicted octanol–water partition coefficient (Wildman–Crippen LogP) is 2.38. The Kier molecular flexibility index (Phi) is 3.49. The van der Waals surface area contributed by atoms with Crippen LogP contribution in [0.15, 0.2) is 30.4 Å². The van der Waals surface area contributed by atoms with Crippen LogP contribution in [0.2, 0.25) is 0 Å². The highest BCUT2D eigenvalue weighted by Crippen LogP contribution is 2.34. The first-order valence-electron chi connectivity index (χ1n) is 7.05. The fourth-order valence-electron chi connectivity index (χ4n) is 3.14. The van der Waals surface area contributed by atoms with Crippen molar-refractivity contribution in [3.8, 4) is 0 Å². The van der Waals surface area contributed by atoms with Gasteiger partial charge in [-0.2, -0.15) is 0 Å². The molecule has 0 aromatic heterocycles. The Morgan fingerprint density at radius 1 is 1.19 bits per heavy atom. The maximum atomic E-state index is 13.4. The Balaban J connectivity index is 1.88. The summed E-state index contributed by atoms with van der Waals surface area (Å²) in [5.41, 5.74) is 1.52. The van der Waals surface area contributed by atoms with Crippen LogP contribution in [0.5, 0.6) is 0 Å². The van der Waals surface area contributed by atoms with Crippen molar-refractivity contribution >= 4 is 17.6 Å². The Hall–Kier alpha value is -2.17. The van der Waals surface area contributed by atoms with Crippen molar-refractivity contribution in [3.05, 3.63) is 41.7 Å². The molecule has 1 amide bonds. The first-order valence-corrected chi connectivity index (χ1v) is 7.05. The predicted molar refractivity (Wildman–Crippen MR) is 75.4 cm³/mol. The van der Waals surface area contributed by atoms with Crippen LogP contribution in [0, 0.1) is 17.7 Å². The van der Waals surface area contributed by atoms with Gasteiger partial charge >= 0.3 is 5.97 Å². The lowest BCUT2D eigenvalue weighted by Gasteiger charge is -2.29. The zero-order chi connectivity index (χ0) is 15.0. The second kappa shape index (κ2) is 5.31. The van der Waals surface area contributed by atoms with Crippen molar-refractivity contribution in [3.63, 3.8) is 0 Å². The normalized spacial score (nSPS) is 24.0. The third-order valence-electron chi connectivity index (χ3n) is 4.28. The number of carbonyl (C=O) groups excluding carboxylic acids is 1. The van der Waals surface area contributed by atoms with Crippen molar-refractivity contribution in [2.24, 2.45) is 11.8 Å². The van der Waals surface area contributed by atoms with E-state index in [9.17, 15) is 19.1 Å². The number of allylic oxidation sites excluding steroid dienone is 2. The number of carboxylic acid groups (broad SMARTS) is 1.